The Morgan fingerprint density at radius 3 is 2.36 bits per heavy atom. The predicted molar refractivity (Wildman–Crippen MR) is 71.6 cm³/mol. The molecule has 1 saturated carbocycles. The van der Waals surface area contributed by atoms with E-state index < -0.39 is 0 Å². The van der Waals surface area contributed by atoms with E-state index in [2.05, 4.69) is 31.3 Å². The first-order valence-corrected chi connectivity index (χ1v) is 7.05. The topological polar surface area (TPSA) is 0 Å². The normalized spacial score (nSPS) is 20.0. The molecule has 0 radical (unpaired) electrons. The Balaban J connectivity index is 2.46. The highest BCUT2D eigenvalue weighted by Crippen LogP contribution is 2.31. The van der Waals surface area contributed by atoms with Crippen LogP contribution in [0.1, 0.15) is 44.9 Å². The smallest absolute Gasteiger partial charge is 0.00605 e. The first kappa shape index (κ1) is 12.5. The Bertz CT molecular complexity index is 169. The molecule has 1 fully saturated rings. The van der Waals surface area contributed by atoms with Crippen LogP contribution >= 0.6 is 25.3 Å². The molecule has 0 heterocycles. The number of hydrogen-bond donors (Lipinski definition) is 2. The van der Waals surface area contributed by atoms with E-state index in [9.17, 15) is 0 Å². The minimum Gasteiger partial charge on any atom is -0.179 e. The summed E-state index contributed by atoms with van der Waals surface area (Å²) in [5, 5.41) is 0. The molecule has 0 unspecified atom stereocenters. The fraction of sp³-hybridized carbons (Fsp3) is 0.833. The van der Waals surface area contributed by atoms with E-state index in [0.717, 1.165) is 23.8 Å². The lowest BCUT2D eigenvalue weighted by Crippen LogP contribution is -2.10. The van der Waals surface area contributed by atoms with Crippen LogP contribution in [-0.4, -0.2) is 11.5 Å². The van der Waals surface area contributed by atoms with Crippen LogP contribution in [0.3, 0.4) is 0 Å². The molecule has 0 aromatic heterocycles. The van der Waals surface area contributed by atoms with Gasteiger partial charge >= 0.3 is 0 Å². The first-order valence-electron chi connectivity index (χ1n) is 5.79. The quantitative estimate of drug-likeness (QED) is 0.515. The van der Waals surface area contributed by atoms with Crippen molar-refractivity contribution in [2.75, 3.05) is 11.5 Å². The van der Waals surface area contributed by atoms with Gasteiger partial charge < -0.3 is 0 Å². The van der Waals surface area contributed by atoms with Crippen molar-refractivity contribution in [2.45, 2.75) is 44.9 Å². The Hall–Kier alpha value is 0.440. The van der Waals surface area contributed by atoms with Crippen molar-refractivity contribution in [3.8, 4) is 0 Å². The van der Waals surface area contributed by atoms with E-state index in [1.165, 1.54) is 38.5 Å². The van der Waals surface area contributed by atoms with Crippen LogP contribution in [0.15, 0.2) is 11.6 Å². The summed E-state index contributed by atoms with van der Waals surface area (Å²) in [5.41, 5.74) is 1.66. The van der Waals surface area contributed by atoms with Crippen LogP contribution < -0.4 is 0 Å². The minimum absolute atomic E-state index is 0.871. The zero-order valence-corrected chi connectivity index (χ0v) is 10.7. The van der Waals surface area contributed by atoms with Gasteiger partial charge in [-0.3, -0.25) is 0 Å². The molecule has 0 saturated heterocycles. The molecular formula is C12H22S2. The standard InChI is InChI=1S/C12H22S2/c13-9-4-7-12(8-10-14)11-5-2-1-3-6-11/h7,11,13-14H,1-6,8-10H2/b12-7-. The molecule has 2 heteroatoms. The third-order valence-electron chi connectivity index (χ3n) is 3.07. The van der Waals surface area contributed by atoms with Gasteiger partial charge in [0.25, 0.3) is 0 Å². The van der Waals surface area contributed by atoms with Crippen LogP contribution in [0.25, 0.3) is 0 Å². The molecule has 0 amide bonds. The van der Waals surface area contributed by atoms with Crippen molar-refractivity contribution >= 4 is 25.3 Å². The van der Waals surface area contributed by atoms with Gasteiger partial charge in [-0.1, -0.05) is 30.9 Å². The second-order valence-electron chi connectivity index (χ2n) is 4.10. The number of rotatable bonds is 5. The first-order chi connectivity index (χ1) is 6.88. The van der Waals surface area contributed by atoms with Gasteiger partial charge in [-0.25, -0.2) is 0 Å². The SMILES string of the molecule is SCC/C=C(/CCS)C1CCCCC1. The summed E-state index contributed by atoms with van der Waals surface area (Å²) in [4.78, 5) is 0. The van der Waals surface area contributed by atoms with Crippen molar-refractivity contribution < 1.29 is 0 Å². The van der Waals surface area contributed by atoms with Gasteiger partial charge in [0.1, 0.15) is 0 Å². The lowest BCUT2D eigenvalue weighted by Gasteiger charge is -2.24. The second kappa shape index (κ2) is 7.70. The van der Waals surface area contributed by atoms with Gasteiger partial charge in [0.15, 0.2) is 0 Å². The maximum Gasteiger partial charge on any atom is -0.00605 e. The van der Waals surface area contributed by atoms with Crippen LogP contribution in [0.5, 0.6) is 0 Å². The molecule has 0 aromatic rings. The van der Waals surface area contributed by atoms with E-state index in [0.29, 0.717) is 0 Å². The molecule has 1 aliphatic rings. The molecule has 0 aliphatic heterocycles. The molecular weight excluding hydrogens is 208 g/mol. The Labute approximate surface area is 99.4 Å². The van der Waals surface area contributed by atoms with Gasteiger partial charge in [-0.2, -0.15) is 25.3 Å². The molecule has 1 aliphatic carbocycles. The molecule has 0 aromatic carbocycles. The lowest BCUT2D eigenvalue weighted by atomic mass is 9.82. The van der Waals surface area contributed by atoms with Gasteiger partial charge in [-0.05, 0) is 43.1 Å². The maximum absolute atomic E-state index is 4.34. The van der Waals surface area contributed by atoms with Gasteiger partial charge in [-0.15, -0.1) is 0 Å². The molecule has 0 spiro atoms. The van der Waals surface area contributed by atoms with E-state index in [4.69, 9.17) is 0 Å². The van der Waals surface area contributed by atoms with Crippen molar-refractivity contribution in [1.82, 2.24) is 0 Å². The highest BCUT2D eigenvalue weighted by molar-refractivity contribution is 7.80. The van der Waals surface area contributed by atoms with E-state index >= 15 is 0 Å². The van der Waals surface area contributed by atoms with Crippen LogP contribution in [-0.2, 0) is 0 Å². The van der Waals surface area contributed by atoms with Gasteiger partial charge in [0, 0.05) is 0 Å². The Morgan fingerprint density at radius 1 is 1.07 bits per heavy atom. The molecule has 0 N–H and O–H groups in total. The molecule has 0 nitrogen and oxygen atoms in total. The van der Waals surface area contributed by atoms with E-state index in [1.54, 1.807) is 5.57 Å². The second-order valence-corrected chi connectivity index (χ2v) is 4.99. The highest BCUT2D eigenvalue weighted by atomic mass is 32.1. The molecule has 14 heavy (non-hydrogen) atoms. The van der Waals surface area contributed by atoms with Crippen molar-refractivity contribution in [2.24, 2.45) is 5.92 Å². The molecule has 0 atom stereocenters. The molecule has 1 rings (SSSR count). The van der Waals surface area contributed by atoms with Crippen LogP contribution in [0.4, 0.5) is 0 Å². The largest absolute Gasteiger partial charge is 0.179 e. The zero-order chi connectivity index (χ0) is 10.2. The average molecular weight is 230 g/mol. The fourth-order valence-corrected chi connectivity index (χ4v) is 2.71. The summed E-state index contributed by atoms with van der Waals surface area (Å²) < 4.78 is 0. The summed E-state index contributed by atoms with van der Waals surface area (Å²) in [6, 6.07) is 0. The fourth-order valence-electron chi connectivity index (χ4n) is 2.33. The van der Waals surface area contributed by atoms with Crippen molar-refractivity contribution in [3.05, 3.63) is 11.6 Å². The zero-order valence-electron chi connectivity index (χ0n) is 8.91. The Morgan fingerprint density at radius 2 is 1.79 bits per heavy atom. The van der Waals surface area contributed by atoms with Crippen molar-refractivity contribution in [3.63, 3.8) is 0 Å². The summed E-state index contributed by atoms with van der Waals surface area (Å²) >= 11 is 8.61. The lowest BCUT2D eigenvalue weighted by molar-refractivity contribution is 0.396. The van der Waals surface area contributed by atoms with Crippen LogP contribution in [0.2, 0.25) is 0 Å². The summed E-state index contributed by atoms with van der Waals surface area (Å²) in [7, 11) is 0. The highest BCUT2D eigenvalue weighted by Gasteiger charge is 2.16. The summed E-state index contributed by atoms with van der Waals surface area (Å²) in [6.45, 7) is 0. The van der Waals surface area contributed by atoms with Gasteiger partial charge in [0.05, 0.1) is 0 Å². The third kappa shape index (κ3) is 4.31. The average Bonchev–Trinajstić information content (AvgIpc) is 2.25. The van der Waals surface area contributed by atoms with E-state index in [-0.39, 0.29) is 0 Å². The minimum atomic E-state index is 0.871. The predicted octanol–water partition coefficient (Wildman–Crippen LogP) is 4.13. The third-order valence-corrected chi connectivity index (χ3v) is 3.55. The maximum atomic E-state index is 4.34. The number of thiol groups is 2. The Kier molecular flexibility index (Phi) is 6.88. The van der Waals surface area contributed by atoms with Crippen molar-refractivity contribution in [1.29, 1.82) is 0 Å². The summed E-state index contributed by atoms with van der Waals surface area (Å²) in [6.07, 6.45) is 11.8. The summed E-state index contributed by atoms with van der Waals surface area (Å²) in [5.74, 6) is 2.84. The monoisotopic (exact) mass is 230 g/mol. The number of allylic oxidation sites excluding steroid dienone is 2. The van der Waals surface area contributed by atoms with E-state index in [1.807, 2.05) is 0 Å². The molecule has 82 valence electrons. The number of hydrogen-bond acceptors (Lipinski definition) is 2. The van der Waals surface area contributed by atoms with Crippen LogP contribution in [0, 0.1) is 5.92 Å². The van der Waals surface area contributed by atoms with Gasteiger partial charge in [0.2, 0.25) is 0 Å². The molecule has 0 bridgehead atoms.